The smallest absolute Gasteiger partial charge is 0.191 e. The molecular formula is C22H28ClFN4O. The standard InChI is InChI=1S/C22H28ClFN4O/c1-25-22(26-15-21(29-2)16-5-3-6-17(23)13-16)27-19-9-11-28(12-10-19)20-8-4-7-18(24)14-20/h3-8,13-14,19,21H,9-12,15H2,1-2H3,(H2,25,26,27). The number of piperidine rings is 1. The molecule has 0 bridgehead atoms. The molecule has 2 aromatic rings. The Morgan fingerprint density at radius 1 is 1.24 bits per heavy atom. The van der Waals surface area contributed by atoms with Gasteiger partial charge in [-0.2, -0.15) is 0 Å². The first-order valence-electron chi connectivity index (χ1n) is 9.85. The fourth-order valence-electron chi connectivity index (χ4n) is 3.58. The molecular weight excluding hydrogens is 391 g/mol. The van der Waals surface area contributed by atoms with Crippen LogP contribution in [0.3, 0.4) is 0 Å². The molecule has 0 radical (unpaired) electrons. The first-order chi connectivity index (χ1) is 14.1. The molecule has 0 amide bonds. The number of benzene rings is 2. The lowest BCUT2D eigenvalue weighted by atomic mass is 10.0. The van der Waals surface area contributed by atoms with Gasteiger partial charge in [0.2, 0.25) is 0 Å². The van der Waals surface area contributed by atoms with E-state index in [0.717, 1.165) is 43.1 Å². The van der Waals surface area contributed by atoms with Gasteiger partial charge in [-0.05, 0) is 48.7 Å². The lowest BCUT2D eigenvalue weighted by Gasteiger charge is -2.34. The van der Waals surface area contributed by atoms with E-state index in [2.05, 4.69) is 20.5 Å². The summed E-state index contributed by atoms with van der Waals surface area (Å²) < 4.78 is 19.1. The second kappa shape index (κ2) is 10.5. The largest absolute Gasteiger partial charge is 0.375 e. The van der Waals surface area contributed by atoms with Gasteiger partial charge in [-0.25, -0.2) is 4.39 Å². The summed E-state index contributed by atoms with van der Waals surface area (Å²) in [6, 6.07) is 14.8. The van der Waals surface area contributed by atoms with Crippen molar-refractivity contribution in [1.82, 2.24) is 10.6 Å². The molecule has 1 aliphatic rings. The van der Waals surface area contributed by atoms with Gasteiger partial charge in [0, 0.05) is 50.5 Å². The molecule has 156 valence electrons. The van der Waals surface area contributed by atoms with Crippen LogP contribution < -0.4 is 15.5 Å². The Kier molecular flexibility index (Phi) is 7.72. The Hall–Kier alpha value is -2.31. The Labute approximate surface area is 176 Å². The molecule has 1 aliphatic heterocycles. The van der Waals surface area contributed by atoms with E-state index < -0.39 is 0 Å². The Morgan fingerprint density at radius 3 is 2.66 bits per heavy atom. The third-order valence-corrected chi connectivity index (χ3v) is 5.43. The van der Waals surface area contributed by atoms with Gasteiger partial charge < -0.3 is 20.3 Å². The van der Waals surface area contributed by atoms with Crippen molar-refractivity contribution >= 4 is 23.2 Å². The van der Waals surface area contributed by atoms with E-state index in [1.807, 2.05) is 30.3 Å². The molecule has 1 fully saturated rings. The lowest BCUT2D eigenvalue weighted by molar-refractivity contribution is 0.106. The van der Waals surface area contributed by atoms with Crippen LogP contribution in [0.2, 0.25) is 5.02 Å². The molecule has 1 unspecified atom stereocenters. The van der Waals surface area contributed by atoms with Gasteiger partial charge in [0.25, 0.3) is 0 Å². The third-order valence-electron chi connectivity index (χ3n) is 5.19. The van der Waals surface area contributed by atoms with Crippen molar-refractivity contribution in [3.63, 3.8) is 0 Å². The number of methoxy groups -OCH3 is 1. The average Bonchev–Trinajstić information content (AvgIpc) is 2.74. The zero-order valence-corrected chi connectivity index (χ0v) is 17.6. The average molecular weight is 419 g/mol. The first kappa shape index (κ1) is 21.4. The molecule has 1 heterocycles. The Bertz CT molecular complexity index is 824. The minimum atomic E-state index is -0.195. The van der Waals surface area contributed by atoms with Gasteiger partial charge in [0.05, 0.1) is 6.10 Å². The summed E-state index contributed by atoms with van der Waals surface area (Å²) in [7, 11) is 3.45. The molecule has 7 heteroatoms. The van der Waals surface area contributed by atoms with Crippen LogP contribution in [0.25, 0.3) is 0 Å². The second-order valence-electron chi connectivity index (χ2n) is 7.12. The number of rotatable bonds is 6. The van der Waals surface area contributed by atoms with Gasteiger partial charge >= 0.3 is 0 Å². The van der Waals surface area contributed by atoms with Gasteiger partial charge in [0.1, 0.15) is 5.82 Å². The van der Waals surface area contributed by atoms with Crippen molar-refractivity contribution < 1.29 is 9.13 Å². The number of halogens is 2. The summed E-state index contributed by atoms with van der Waals surface area (Å²) in [5, 5.41) is 7.52. The molecule has 1 atom stereocenters. The topological polar surface area (TPSA) is 48.9 Å². The fraction of sp³-hybridized carbons (Fsp3) is 0.409. The van der Waals surface area contributed by atoms with E-state index in [0.29, 0.717) is 17.6 Å². The van der Waals surface area contributed by atoms with Crippen LogP contribution in [0.15, 0.2) is 53.5 Å². The van der Waals surface area contributed by atoms with E-state index in [-0.39, 0.29) is 11.9 Å². The summed E-state index contributed by atoms with van der Waals surface area (Å²) in [6.45, 7) is 2.33. The highest BCUT2D eigenvalue weighted by molar-refractivity contribution is 6.30. The Morgan fingerprint density at radius 2 is 2.00 bits per heavy atom. The monoisotopic (exact) mass is 418 g/mol. The van der Waals surface area contributed by atoms with E-state index in [1.165, 1.54) is 6.07 Å². The van der Waals surface area contributed by atoms with Crippen LogP contribution in [-0.2, 0) is 4.74 Å². The summed E-state index contributed by atoms with van der Waals surface area (Å²) in [6.07, 6.45) is 1.79. The van der Waals surface area contributed by atoms with Gasteiger partial charge in [0.15, 0.2) is 5.96 Å². The van der Waals surface area contributed by atoms with Crippen LogP contribution in [0.5, 0.6) is 0 Å². The Balaban J connectivity index is 1.49. The highest BCUT2D eigenvalue weighted by Gasteiger charge is 2.21. The summed E-state index contributed by atoms with van der Waals surface area (Å²) in [4.78, 5) is 6.56. The van der Waals surface area contributed by atoms with Crippen LogP contribution in [0.1, 0.15) is 24.5 Å². The number of hydrogen-bond donors (Lipinski definition) is 2. The molecule has 0 aromatic heterocycles. The molecule has 1 saturated heterocycles. The number of hydrogen-bond acceptors (Lipinski definition) is 3. The number of nitrogens with zero attached hydrogens (tertiary/aromatic N) is 2. The normalized spacial score (nSPS) is 16.6. The quantitative estimate of drug-likeness (QED) is 0.550. The van der Waals surface area contributed by atoms with Gasteiger partial charge in [-0.1, -0.05) is 29.8 Å². The highest BCUT2D eigenvalue weighted by atomic mass is 35.5. The van der Waals surface area contributed by atoms with E-state index >= 15 is 0 Å². The third kappa shape index (κ3) is 6.08. The van der Waals surface area contributed by atoms with Crippen LogP contribution in [0.4, 0.5) is 10.1 Å². The molecule has 3 rings (SSSR count). The molecule has 0 spiro atoms. The first-order valence-corrected chi connectivity index (χ1v) is 10.2. The molecule has 0 saturated carbocycles. The van der Waals surface area contributed by atoms with Crippen LogP contribution in [-0.4, -0.2) is 45.8 Å². The number of nitrogens with one attached hydrogen (secondary N) is 2. The number of ether oxygens (including phenoxy) is 1. The summed E-state index contributed by atoms with van der Waals surface area (Å²) in [5.41, 5.74) is 1.96. The predicted octanol–water partition coefficient (Wildman–Crippen LogP) is 4.00. The highest BCUT2D eigenvalue weighted by Crippen LogP contribution is 2.21. The number of aliphatic imine (C=N–C) groups is 1. The van der Waals surface area contributed by atoms with Gasteiger partial charge in [-0.3, -0.25) is 4.99 Å². The van der Waals surface area contributed by atoms with Crippen molar-refractivity contribution in [3.8, 4) is 0 Å². The molecule has 2 aromatic carbocycles. The number of guanidine groups is 1. The maximum atomic E-state index is 13.5. The fourth-order valence-corrected chi connectivity index (χ4v) is 3.78. The minimum Gasteiger partial charge on any atom is -0.375 e. The molecule has 29 heavy (non-hydrogen) atoms. The maximum absolute atomic E-state index is 13.5. The zero-order chi connectivity index (χ0) is 20.6. The maximum Gasteiger partial charge on any atom is 0.191 e. The van der Waals surface area contributed by atoms with Crippen LogP contribution >= 0.6 is 11.6 Å². The predicted molar refractivity (Wildman–Crippen MR) is 117 cm³/mol. The second-order valence-corrected chi connectivity index (χ2v) is 7.55. The molecule has 2 N–H and O–H groups in total. The number of anilines is 1. The zero-order valence-electron chi connectivity index (χ0n) is 16.9. The van der Waals surface area contributed by atoms with Crippen molar-refractivity contribution in [2.75, 3.05) is 38.7 Å². The summed E-state index contributed by atoms with van der Waals surface area (Å²) in [5.74, 6) is 0.554. The van der Waals surface area contributed by atoms with Crippen molar-refractivity contribution in [2.45, 2.75) is 25.0 Å². The van der Waals surface area contributed by atoms with E-state index in [1.54, 1.807) is 26.3 Å². The lowest BCUT2D eigenvalue weighted by Crippen LogP contribution is -2.49. The van der Waals surface area contributed by atoms with Crippen LogP contribution in [0, 0.1) is 5.82 Å². The SMILES string of the molecule is CN=C(NCC(OC)c1cccc(Cl)c1)NC1CCN(c2cccc(F)c2)CC1. The molecule has 5 nitrogen and oxygen atoms in total. The molecule has 0 aliphatic carbocycles. The van der Waals surface area contributed by atoms with E-state index in [4.69, 9.17) is 16.3 Å². The van der Waals surface area contributed by atoms with E-state index in [9.17, 15) is 4.39 Å². The van der Waals surface area contributed by atoms with Crippen molar-refractivity contribution in [3.05, 3.63) is 64.9 Å². The van der Waals surface area contributed by atoms with Crippen molar-refractivity contribution in [2.24, 2.45) is 4.99 Å². The summed E-state index contributed by atoms with van der Waals surface area (Å²) >= 11 is 6.09. The van der Waals surface area contributed by atoms with Crippen molar-refractivity contribution in [1.29, 1.82) is 0 Å². The minimum absolute atomic E-state index is 0.123. The van der Waals surface area contributed by atoms with Gasteiger partial charge in [-0.15, -0.1) is 0 Å².